The first kappa shape index (κ1) is 13.3. The molecule has 17 heavy (non-hydrogen) atoms. The SMILES string of the molecule is COCCN1CCC(CN2CCNCC2)CC1. The predicted octanol–water partition coefficient (Wildman–Crippen LogP) is 0.250. The van der Waals surface area contributed by atoms with Crippen molar-refractivity contribution in [1.29, 1.82) is 0 Å². The lowest BCUT2D eigenvalue weighted by Crippen LogP contribution is -2.47. The van der Waals surface area contributed by atoms with Crippen molar-refractivity contribution in [2.24, 2.45) is 5.92 Å². The van der Waals surface area contributed by atoms with E-state index >= 15 is 0 Å². The Morgan fingerprint density at radius 3 is 2.41 bits per heavy atom. The van der Waals surface area contributed by atoms with Gasteiger partial charge in [0.25, 0.3) is 0 Å². The number of piperidine rings is 1. The zero-order valence-corrected chi connectivity index (χ0v) is 11.2. The van der Waals surface area contributed by atoms with Crippen LogP contribution in [0.25, 0.3) is 0 Å². The molecule has 4 heteroatoms. The average Bonchev–Trinajstić information content (AvgIpc) is 2.39. The van der Waals surface area contributed by atoms with E-state index in [1.807, 2.05) is 0 Å². The lowest BCUT2D eigenvalue weighted by atomic mass is 9.96. The Balaban J connectivity index is 1.61. The van der Waals surface area contributed by atoms with Gasteiger partial charge in [0.1, 0.15) is 0 Å². The molecule has 2 aliphatic heterocycles. The Bertz CT molecular complexity index is 199. The van der Waals surface area contributed by atoms with E-state index in [4.69, 9.17) is 4.74 Å². The molecule has 0 spiro atoms. The van der Waals surface area contributed by atoms with Crippen LogP contribution in [0.15, 0.2) is 0 Å². The molecule has 100 valence electrons. The summed E-state index contributed by atoms with van der Waals surface area (Å²) in [6.45, 7) is 10.7. The third kappa shape index (κ3) is 4.54. The molecule has 0 aliphatic carbocycles. The highest BCUT2D eigenvalue weighted by Crippen LogP contribution is 2.18. The van der Waals surface area contributed by atoms with E-state index in [0.717, 1.165) is 19.1 Å². The highest BCUT2D eigenvalue weighted by atomic mass is 16.5. The fraction of sp³-hybridized carbons (Fsp3) is 1.00. The standard InChI is InChI=1S/C13H27N3O/c1-17-11-10-15-6-2-13(3-7-15)12-16-8-4-14-5-9-16/h13-14H,2-12H2,1H3. The summed E-state index contributed by atoms with van der Waals surface area (Å²) in [5.74, 6) is 0.923. The average molecular weight is 241 g/mol. The van der Waals surface area contributed by atoms with Gasteiger partial charge in [-0.2, -0.15) is 0 Å². The first-order valence-corrected chi connectivity index (χ1v) is 7.03. The monoisotopic (exact) mass is 241 g/mol. The summed E-state index contributed by atoms with van der Waals surface area (Å²) in [7, 11) is 1.79. The topological polar surface area (TPSA) is 27.7 Å². The van der Waals surface area contributed by atoms with Gasteiger partial charge in [0.2, 0.25) is 0 Å². The van der Waals surface area contributed by atoms with Crippen molar-refractivity contribution in [1.82, 2.24) is 15.1 Å². The smallest absolute Gasteiger partial charge is 0.0589 e. The molecule has 0 bridgehead atoms. The Labute approximate surface area is 105 Å². The summed E-state index contributed by atoms with van der Waals surface area (Å²) >= 11 is 0. The van der Waals surface area contributed by atoms with Gasteiger partial charge in [0.15, 0.2) is 0 Å². The minimum absolute atomic E-state index is 0.877. The van der Waals surface area contributed by atoms with Crippen LogP contribution in [0.4, 0.5) is 0 Å². The fourth-order valence-electron chi connectivity index (χ4n) is 2.87. The van der Waals surface area contributed by atoms with E-state index in [9.17, 15) is 0 Å². The van der Waals surface area contributed by atoms with Crippen molar-refractivity contribution < 1.29 is 4.74 Å². The predicted molar refractivity (Wildman–Crippen MR) is 70.3 cm³/mol. The Hall–Kier alpha value is -0.160. The summed E-state index contributed by atoms with van der Waals surface area (Å²) in [6.07, 6.45) is 2.74. The first-order valence-electron chi connectivity index (χ1n) is 7.03. The van der Waals surface area contributed by atoms with Crippen LogP contribution in [0, 0.1) is 5.92 Å². The largest absolute Gasteiger partial charge is 0.383 e. The van der Waals surface area contributed by atoms with Crippen molar-refractivity contribution in [3.63, 3.8) is 0 Å². The van der Waals surface area contributed by atoms with E-state index < -0.39 is 0 Å². The van der Waals surface area contributed by atoms with Gasteiger partial charge in [-0.1, -0.05) is 0 Å². The molecular formula is C13H27N3O. The minimum Gasteiger partial charge on any atom is -0.383 e. The summed E-state index contributed by atoms with van der Waals surface area (Å²) in [4.78, 5) is 5.17. The number of piperazine rings is 1. The maximum Gasteiger partial charge on any atom is 0.0589 e. The molecule has 4 nitrogen and oxygen atoms in total. The molecule has 0 unspecified atom stereocenters. The molecule has 0 radical (unpaired) electrons. The first-order chi connectivity index (χ1) is 8.38. The molecule has 0 saturated carbocycles. The highest BCUT2D eigenvalue weighted by molar-refractivity contribution is 4.77. The second-order valence-corrected chi connectivity index (χ2v) is 5.33. The van der Waals surface area contributed by atoms with E-state index in [-0.39, 0.29) is 0 Å². The highest BCUT2D eigenvalue weighted by Gasteiger charge is 2.21. The Morgan fingerprint density at radius 1 is 1.06 bits per heavy atom. The maximum atomic E-state index is 5.14. The zero-order valence-electron chi connectivity index (χ0n) is 11.2. The summed E-state index contributed by atoms with van der Waals surface area (Å²) < 4.78 is 5.14. The van der Waals surface area contributed by atoms with Gasteiger partial charge >= 0.3 is 0 Å². The molecule has 2 heterocycles. The molecular weight excluding hydrogens is 214 g/mol. The van der Waals surface area contributed by atoms with Gasteiger partial charge in [0, 0.05) is 46.4 Å². The molecule has 2 fully saturated rings. The van der Waals surface area contributed by atoms with Crippen LogP contribution in [-0.4, -0.2) is 75.9 Å². The van der Waals surface area contributed by atoms with E-state index in [0.29, 0.717) is 0 Å². The molecule has 0 aromatic rings. The van der Waals surface area contributed by atoms with Crippen LogP contribution >= 0.6 is 0 Å². The van der Waals surface area contributed by atoms with Crippen LogP contribution in [0.5, 0.6) is 0 Å². The number of rotatable bonds is 5. The van der Waals surface area contributed by atoms with Gasteiger partial charge in [0.05, 0.1) is 6.61 Å². The number of nitrogens with one attached hydrogen (secondary N) is 1. The quantitative estimate of drug-likeness (QED) is 0.747. The maximum absolute atomic E-state index is 5.14. The van der Waals surface area contributed by atoms with Crippen molar-refractivity contribution >= 4 is 0 Å². The van der Waals surface area contributed by atoms with E-state index in [1.54, 1.807) is 7.11 Å². The van der Waals surface area contributed by atoms with Crippen molar-refractivity contribution in [3.8, 4) is 0 Å². The summed E-state index contributed by atoms with van der Waals surface area (Å²) in [5, 5.41) is 3.42. The van der Waals surface area contributed by atoms with Crippen LogP contribution in [0.3, 0.4) is 0 Å². The minimum atomic E-state index is 0.877. The van der Waals surface area contributed by atoms with Gasteiger partial charge in [-0.25, -0.2) is 0 Å². The third-order valence-corrected chi connectivity index (χ3v) is 4.04. The van der Waals surface area contributed by atoms with Gasteiger partial charge < -0.3 is 19.9 Å². The Kier molecular flexibility index (Phi) is 5.71. The fourth-order valence-corrected chi connectivity index (χ4v) is 2.87. The van der Waals surface area contributed by atoms with Crippen molar-refractivity contribution in [2.45, 2.75) is 12.8 Å². The second kappa shape index (κ2) is 7.31. The number of nitrogens with zero attached hydrogens (tertiary/aromatic N) is 2. The second-order valence-electron chi connectivity index (χ2n) is 5.33. The van der Waals surface area contributed by atoms with E-state index in [1.165, 1.54) is 58.7 Å². The molecule has 2 rings (SSSR count). The number of hydrogen-bond donors (Lipinski definition) is 1. The van der Waals surface area contributed by atoms with Crippen LogP contribution in [0.1, 0.15) is 12.8 Å². The van der Waals surface area contributed by atoms with Gasteiger partial charge in [-0.15, -0.1) is 0 Å². The normalized spacial score (nSPS) is 25.2. The molecule has 1 N–H and O–H groups in total. The number of likely N-dealkylation sites (tertiary alicyclic amines) is 1. The summed E-state index contributed by atoms with van der Waals surface area (Å²) in [5.41, 5.74) is 0. The molecule has 0 atom stereocenters. The van der Waals surface area contributed by atoms with Crippen molar-refractivity contribution in [3.05, 3.63) is 0 Å². The summed E-state index contributed by atoms with van der Waals surface area (Å²) in [6, 6.07) is 0. The van der Waals surface area contributed by atoms with E-state index in [2.05, 4.69) is 15.1 Å². The number of methoxy groups -OCH3 is 1. The van der Waals surface area contributed by atoms with Crippen LogP contribution < -0.4 is 5.32 Å². The van der Waals surface area contributed by atoms with Gasteiger partial charge in [-0.3, -0.25) is 0 Å². The molecule has 2 aliphatic rings. The lowest BCUT2D eigenvalue weighted by molar-refractivity contribution is 0.104. The zero-order chi connectivity index (χ0) is 11.9. The molecule has 0 aromatic heterocycles. The third-order valence-electron chi connectivity index (χ3n) is 4.04. The molecule has 0 amide bonds. The van der Waals surface area contributed by atoms with Gasteiger partial charge in [-0.05, 0) is 31.8 Å². The molecule has 2 saturated heterocycles. The Morgan fingerprint density at radius 2 is 1.76 bits per heavy atom. The van der Waals surface area contributed by atoms with Crippen molar-refractivity contribution in [2.75, 3.05) is 66.1 Å². The van der Waals surface area contributed by atoms with Crippen LogP contribution in [0.2, 0.25) is 0 Å². The lowest BCUT2D eigenvalue weighted by Gasteiger charge is -2.36. The number of ether oxygens (including phenoxy) is 1. The molecule has 0 aromatic carbocycles. The number of hydrogen-bond acceptors (Lipinski definition) is 4. The van der Waals surface area contributed by atoms with Crippen LogP contribution in [-0.2, 0) is 4.74 Å².